The average Bonchev–Trinajstić information content (AvgIpc) is 2.17. The molecule has 0 heterocycles. The van der Waals surface area contributed by atoms with Gasteiger partial charge in [0.1, 0.15) is 5.78 Å². The Labute approximate surface area is 96.8 Å². The zero-order valence-corrected chi connectivity index (χ0v) is 10.3. The number of hydrogen-bond acceptors (Lipinski definition) is 3. The van der Waals surface area contributed by atoms with Gasteiger partial charge in [-0.2, -0.15) is 12.6 Å². The van der Waals surface area contributed by atoms with Crippen LogP contribution in [0.1, 0.15) is 26.2 Å². The van der Waals surface area contributed by atoms with E-state index in [9.17, 15) is 9.59 Å². The Kier molecular flexibility index (Phi) is 8.18. The van der Waals surface area contributed by atoms with Crippen LogP contribution in [0.4, 0.5) is 4.79 Å². The van der Waals surface area contributed by atoms with Crippen molar-refractivity contribution in [2.75, 3.05) is 25.9 Å². The van der Waals surface area contributed by atoms with Crippen LogP contribution in [0.25, 0.3) is 0 Å². The van der Waals surface area contributed by atoms with Gasteiger partial charge in [-0.25, -0.2) is 4.79 Å². The highest BCUT2D eigenvalue weighted by molar-refractivity contribution is 7.80. The molecule has 1 N–H and O–H groups in total. The third kappa shape index (κ3) is 8.30. The number of nitrogens with one attached hydrogen (secondary N) is 1. The number of carbonyl (C=O) groups excluding carboxylic acids is 2. The van der Waals surface area contributed by atoms with Crippen LogP contribution in [-0.2, 0) is 4.79 Å². The molecule has 15 heavy (non-hydrogen) atoms. The maximum absolute atomic E-state index is 11.4. The smallest absolute Gasteiger partial charge is 0.317 e. The molecule has 4 nitrogen and oxygen atoms in total. The summed E-state index contributed by atoms with van der Waals surface area (Å²) in [7, 11) is 1.73. The molecule has 0 atom stereocenters. The lowest BCUT2D eigenvalue weighted by molar-refractivity contribution is -0.117. The molecule has 88 valence electrons. The minimum atomic E-state index is -0.0830. The molecule has 0 aliphatic carbocycles. The Morgan fingerprint density at radius 3 is 2.53 bits per heavy atom. The summed E-state index contributed by atoms with van der Waals surface area (Å²) in [5.41, 5.74) is 0. The predicted molar refractivity (Wildman–Crippen MR) is 64.4 cm³/mol. The summed E-state index contributed by atoms with van der Waals surface area (Å²) in [4.78, 5) is 23.7. The second kappa shape index (κ2) is 8.59. The normalized spacial score (nSPS) is 9.80. The van der Waals surface area contributed by atoms with Crippen molar-refractivity contribution in [2.24, 2.45) is 0 Å². The van der Waals surface area contributed by atoms with Crippen molar-refractivity contribution in [3.05, 3.63) is 0 Å². The maximum Gasteiger partial charge on any atom is 0.317 e. The number of carbonyl (C=O) groups is 2. The van der Waals surface area contributed by atoms with Gasteiger partial charge in [-0.15, -0.1) is 0 Å². The van der Waals surface area contributed by atoms with Crippen LogP contribution in [0.3, 0.4) is 0 Å². The lowest BCUT2D eigenvalue weighted by Gasteiger charge is -2.17. The van der Waals surface area contributed by atoms with E-state index in [0.717, 1.165) is 18.6 Å². The molecule has 0 saturated heterocycles. The van der Waals surface area contributed by atoms with Crippen LogP contribution in [0.15, 0.2) is 0 Å². The molecule has 0 radical (unpaired) electrons. The van der Waals surface area contributed by atoms with E-state index in [4.69, 9.17) is 0 Å². The molecule has 0 saturated carbocycles. The van der Waals surface area contributed by atoms with Crippen molar-refractivity contribution in [1.82, 2.24) is 10.2 Å². The molecule has 0 fully saturated rings. The van der Waals surface area contributed by atoms with Crippen molar-refractivity contribution in [3.8, 4) is 0 Å². The monoisotopic (exact) mass is 232 g/mol. The van der Waals surface area contributed by atoms with Crippen LogP contribution in [-0.4, -0.2) is 42.6 Å². The Morgan fingerprint density at radius 2 is 2.00 bits per heavy atom. The second-order valence-corrected chi connectivity index (χ2v) is 3.98. The first-order valence-corrected chi connectivity index (χ1v) is 5.80. The van der Waals surface area contributed by atoms with Gasteiger partial charge in [0.15, 0.2) is 0 Å². The van der Waals surface area contributed by atoms with Gasteiger partial charge >= 0.3 is 6.03 Å². The summed E-state index contributed by atoms with van der Waals surface area (Å²) < 4.78 is 0. The number of urea groups is 1. The minimum Gasteiger partial charge on any atom is -0.338 e. The molecule has 0 aliphatic heterocycles. The van der Waals surface area contributed by atoms with E-state index >= 15 is 0 Å². The summed E-state index contributed by atoms with van der Waals surface area (Å²) >= 11 is 4.05. The second-order valence-electron chi connectivity index (χ2n) is 3.54. The van der Waals surface area contributed by atoms with Gasteiger partial charge in [0.05, 0.1) is 0 Å². The summed E-state index contributed by atoms with van der Waals surface area (Å²) in [5.74, 6) is 0.938. The first kappa shape index (κ1) is 14.3. The Bertz CT molecular complexity index is 210. The summed E-state index contributed by atoms with van der Waals surface area (Å²) in [6, 6.07) is -0.0830. The van der Waals surface area contributed by atoms with Gasteiger partial charge < -0.3 is 15.0 Å². The summed E-state index contributed by atoms with van der Waals surface area (Å²) in [6.45, 7) is 2.83. The molecule has 0 aromatic heterocycles. The molecule has 2 amide bonds. The molecule has 5 heteroatoms. The van der Waals surface area contributed by atoms with Crippen LogP contribution in [0.5, 0.6) is 0 Å². The number of rotatable bonds is 7. The summed E-state index contributed by atoms with van der Waals surface area (Å²) in [5, 5.41) is 2.77. The first-order valence-electron chi connectivity index (χ1n) is 5.17. The number of Topliss-reactive ketones (excluding diaryl/α,β-unsaturated/α-hetero) is 1. The van der Waals surface area contributed by atoms with Gasteiger partial charge in [0.25, 0.3) is 0 Å². The number of thiol groups is 1. The number of hydrogen-bond donors (Lipinski definition) is 2. The molecular formula is C10H20N2O2S. The molecule has 0 aromatic carbocycles. The van der Waals surface area contributed by atoms with E-state index in [1.807, 2.05) is 0 Å². The highest BCUT2D eigenvalue weighted by Crippen LogP contribution is 1.94. The van der Waals surface area contributed by atoms with Gasteiger partial charge in [0.2, 0.25) is 0 Å². The predicted octanol–water partition coefficient (Wildman–Crippen LogP) is 1.32. The third-order valence-electron chi connectivity index (χ3n) is 1.98. The average molecular weight is 232 g/mol. The maximum atomic E-state index is 11.4. The number of ketones is 1. The topological polar surface area (TPSA) is 49.4 Å². The highest BCUT2D eigenvalue weighted by atomic mass is 32.1. The van der Waals surface area contributed by atoms with E-state index < -0.39 is 0 Å². The zero-order valence-electron chi connectivity index (χ0n) is 9.45. The fraction of sp³-hybridized carbons (Fsp3) is 0.800. The fourth-order valence-corrected chi connectivity index (χ4v) is 1.23. The third-order valence-corrected chi connectivity index (χ3v) is 2.30. The van der Waals surface area contributed by atoms with Gasteiger partial charge in [-0.3, -0.25) is 0 Å². The molecule has 0 unspecified atom stereocenters. The van der Waals surface area contributed by atoms with Crippen molar-refractivity contribution in [3.63, 3.8) is 0 Å². The molecule has 0 bridgehead atoms. The van der Waals surface area contributed by atoms with E-state index in [0.29, 0.717) is 19.5 Å². The van der Waals surface area contributed by atoms with Crippen LogP contribution in [0, 0.1) is 0 Å². The standard InChI is InChI=1S/C10H20N2O2S/c1-9(13)5-3-7-12(2)10(14)11-6-4-8-15/h15H,3-8H2,1-2H3,(H,11,14). The van der Waals surface area contributed by atoms with Gasteiger partial charge in [-0.1, -0.05) is 0 Å². The van der Waals surface area contributed by atoms with Crippen LogP contribution in [0.2, 0.25) is 0 Å². The zero-order chi connectivity index (χ0) is 11.7. The SMILES string of the molecule is CC(=O)CCCN(C)C(=O)NCCCS. The van der Waals surface area contributed by atoms with E-state index in [1.165, 1.54) is 0 Å². The van der Waals surface area contributed by atoms with Gasteiger partial charge in [-0.05, 0) is 25.5 Å². The summed E-state index contributed by atoms with van der Waals surface area (Å²) in [6.07, 6.45) is 2.14. The van der Waals surface area contributed by atoms with Crippen LogP contribution < -0.4 is 5.32 Å². The largest absolute Gasteiger partial charge is 0.338 e. The van der Waals surface area contributed by atoms with Crippen molar-refractivity contribution in [2.45, 2.75) is 26.2 Å². The molecule has 0 aliphatic rings. The minimum absolute atomic E-state index is 0.0830. The Balaban J connectivity index is 3.55. The molecule has 0 rings (SSSR count). The molecular weight excluding hydrogens is 212 g/mol. The van der Waals surface area contributed by atoms with E-state index in [2.05, 4.69) is 17.9 Å². The quantitative estimate of drug-likeness (QED) is 0.514. The molecule has 0 aromatic rings. The number of amides is 2. The van der Waals surface area contributed by atoms with E-state index in [-0.39, 0.29) is 11.8 Å². The Hall–Kier alpha value is -0.710. The van der Waals surface area contributed by atoms with Crippen molar-refractivity contribution < 1.29 is 9.59 Å². The molecule has 0 spiro atoms. The lowest BCUT2D eigenvalue weighted by Crippen LogP contribution is -2.38. The highest BCUT2D eigenvalue weighted by Gasteiger charge is 2.06. The first-order chi connectivity index (χ1) is 7.07. The van der Waals surface area contributed by atoms with E-state index in [1.54, 1.807) is 18.9 Å². The van der Waals surface area contributed by atoms with Crippen molar-refractivity contribution in [1.29, 1.82) is 0 Å². The number of nitrogens with zero attached hydrogens (tertiary/aromatic N) is 1. The lowest BCUT2D eigenvalue weighted by atomic mass is 10.2. The Morgan fingerprint density at radius 1 is 1.33 bits per heavy atom. The van der Waals surface area contributed by atoms with Crippen molar-refractivity contribution >= 4 is 24.4 Å². The van der Waals surface area contributed by atoms with Gasteiger partial charge in [0, 0.05) is 26.6 Å². The van der Waals surface area contributed by atoms with Crippen LogP contribution >= 0.6 is 12.6 Å². The fourth-order valence-electron chi connectivity index (χ4n) is 1.08.